The fourth-order valence-corrected chi connectivity index (χ4v) is 3.58. The third kappa shape index (κ3) is 5.24. The molecule has 0 aliphatic carbocycles. The Kier molecular flexibility index (Phi) is 6.54. The van der Waals surface area contributed by atoms with Gasteiger partial charge in [0.15, 0.2) is 0 Å². The molecule has 9 heteroatoms. The number of amides is 1. The number of rotatable bonds is 5. The third-order valence-electron chi connectivity index (χ3n) is 4.34. The summed E-state index contributed by atoms with van der Waals surface area (Å²) in [6, 6.07) is 9.64. The Morgan fingerprint density at radius 2 is 1.66 bits per heavy atom. The van der Waals surface area contributed by atoms with Gasteiger partial charge in [-0.05, 0) is 42.7 Å². The molecule has 0 spiro atoms. The van der Waals surface area contributed by atoms with Gasteiger partial charge in [0.2, 0.25) is 15.9 Å². The van der Waals surface area contributed by atoms with Crippen molar-refractivity contribution in [1.29, 1.82) is 0 Å². The van der Waals surface area contributed by atoms with E-state index >= 15 is 0 Å². The highest BCUT2D eigenvalue weighted by atomic mass is 32.2. The summed E-state index contributed by atoms with van der Waals surface area (Å²) in [5.41, 5.74) is 0.0133. The molecule has 1 N–H and O–H groups in total. The summed E-state index contributed by atoms with van der Waals surface area (Å²) in [6.45, 7) is 3.29. The van der Waals surface area contributed by atoms with Gasteiger partial charge in [-0.25, -0.2) is 12.7 Å². The first-order chi connectivity index (χ1) is 13.3. The third-order valence-corrected chi connectivity index (χ3v) is 6.14. The summed E-state index contributed by atoms with van der Waals surface area (Å²) in [5, 5.41) is 2.38. The molecule has 0 saturated heterocycles. The topological polar surface area (TPSA) is 66.5 Å². The van der Waals surface area contributed by atoms with Crippen LogP contribution >= 0.6 is 0 Å². The SMILES string of the molecule is Cc1cc(S(=O)(=O)N(C)C)cc(NC(=O)/C=C(/c2ccccc2)C(F)(F)F)c1C. The zero-order chi connectivity index (χ0) is 22.0. The van der Waals surface area contributed by atoms with Gasteiger partial charge in [0, 0.05) is 25.9 Å². The van der Waals surface area contributed by atoms with Gasteiger partial charge >= 0.3 is 6.18 Å². The van der Waals surface area contributed by atoms with Crippen molar-refractivity contribution in [3.05, 3.63) is 65.2 Å². The summed E-state index contributed by atoms with van der Waals surface area (Å²) in [6.07, 6.45) is -4.27. The molecule has 0 atom stereocenters. The number of nitrogens with zero attached hydrogens (tertiary/aromatic N) is 1. The van der Waals surface area contributed by atoms with Crippen LogP contribution in [0, 0.1) is 13.8 Å². The van der Waals surface area contributed by atoms with Crippen molar-refractivity contribution in [2.24, 2.45) is 0 Å². The fraction of sp³-hybridized carbons (Fsp3) is 0.250. The number of carbonyl (C=O) groups is 1. The van der Waals surface area contributed by atoms with Gasteiger partial charge in [0.1, 0.15) is 0 Å². The first kappa shape index (κ1) is 22.6. The van der Waals surface area contributed by atoms with Gasteiger partial charge < -0.3 is 5.32 Å². The van der Waals surface area contributed by atoms with Crippen molar-refractivity contribution in [1.82, 2.24) is 4.31 Å². The smallest absolute Gasteiger partial charge is 0.322 e. The van der Waals surface area contributed by atoms with E-state index < -0.39 is 27.7 Å². The normalized spacial score (nSPS) is 12.9. The Morgan fingerprint density at radius 1 is 1.07 bits per heavy atom. The number of allylic oxidation sites excluding steroid dienone is 1. The molecule has 0 aromatic heterocycles. The van der Waals surface area contributed by atoms with Crippen LogP contribution in [0.15, 0.2) is 53.4 Å². The second-order valence-corrected chi connectivity index (χ2v) is 8.76. The van der Waals surface area contributed by atoms with Gasteiger partial charge in [0.05, 0.1) is 10.5 Å². The van der Waals surface area contributed by atoms with Gasteiger partial charge in [-0.2, -0.15) is 13.2 Å². The maximum Gasteiger partial charge on any atom is 0.417 e. The average molecular weight is 426 g/mol. The summed E-state index contributed by atoms with van der Waals surface area (Å²) in [5.74, 6) is -1.01. The van der Waals surface area contributed by atoms with Crippen molar-refractivity contribution in [3.8, 4) is 0 Å². The molecule has 5 nitrogen and oxygen atoms in total. The molecule has 0 bridgehead atoms. The van der Waals surface area contributed by atoms with Crippen molar-refractivity contribution in [2.45, 2.75) is 24.9 Å². The van der Waals surface area contributed by atoms with Gasteiger partial charge in [0.25, 0.3) is 0 Å². The molecule has 2 aromatic carbocycles. The summed E-state index contributed by atoms with van der Waals surface area (Å²) in [4.78, 5) is 12.3. The van der Waals surface area contributed by atoms with Crippen LogP contribution in [-0.2, 0) is 14.8 Å². The lowest BCUT2D eigenvalue weighted by molar-refractivity contribution is -0.112. The number of halogens is 3. The largest absolute Gasteiger partial charge is 0.417 e. The monoisotopic (exact) mass is 426 g/mol. The molecular formula is C20H21F3N2O3S. The Labute approximate surface area is 167 Å². The van der Waals surface area contributed by atoms with Crippen LogP contribution < -0.4 is 5.32 Å². The van der Waals surface area contributed by atoms with Crippen molar-refractivity contribution in [2.75, 3.05) is 19.4 Å². The molecule has 0 unspecified atom stereocenters. The highest BCUT2D eigenvalue weighted by Crippen LogP contribution is 2.34. The van der Waals surface area contributed by atoms with Gasteiger partial charge in [-0.3, -0.25) is 4.79 Å². The van der Waals surface area contributed by atoms with E-state index in [2.05, 4.69) is 5.32 Å². The predicted molar refractivity (Wildman–Crippen MR) is 106 cm³/mol. The Balaban J connectivity index is 2.46. The minimum Gasteiger partial charge on any atom is -0.322 e. The Hall–Kier alpha value is -2.65. The summed E-state index contributed by atoms with van der Waals surface area (Å²) >= 11 is 0. The van der Waals surface area contributed by atoms with Crippen molar-refractivity contribution >= 4 is 27.2 Å². The molecule has 0 aliphatic heterocycles. The van der Waals surface area contributed by atoms with E-state index in [4.69, 9.17) is 0 Å². The molecule has 0 radical (unpaired) electrons. The van der Waals surface area contributed by atoms with Crippen molar-refractivity contribution < 1.29 is 26.4 Å². The number of nitrogens with one attached hydrogen (secondary N) is 1. The Bertz CT molecular complexity index is 1040. The highest BCUT2D eigenvalue weighted by Gasteiger charge is 2.35. The van der Waals surface area contributed by atoms with E-state index in [0.717, 1.165) is 4.31 Å². The molecule has 0 saturated carbocycles. The molecule has 0 aliphatic rings. The molecule has 1 amide bonds. The molecule has 2 rings (SSSR count). The minimum absolute atomic E-state index is 0.0658. The standard InChI is InChI=1S/C20H21F3N2O3S/c1-13-10-16(29(27,28)25(3)4)11-18(14(13)2)24-19(26)12-17(20(21,22)23)15-8-6-5-7-9-15/h5-12H,1-4H3,(H,24,26)/b17-12-. The molecule has 2 aromatic rings. The zero-order valence-corrected chi connectivity index (χ0v) is 17.1. The minimum atomic E-state index is -4.74. The number of carbonyl (C=O) groups excluding carboxylic acids is 1. The Morgan fingerprint density at radius 3 is 2.17 bits per heavy atom. The number of hydrogen-bond donors (Lipinski definition) is 1. The van der Waals surface area contributed by atoms with E-state index in [-0.39, 0.29) is 16.1 Å². The van der Waals surface area contributed by atoms with Crippen molar-refractivity contribution in [3.63, 3.8) is 0 Å². The number of hydrogen-bond acceptors (Lipinski definition) is 3. The van der Waals surface area contributed by atoms with E-state index in [1.807, 2.05) is 0 Å². The van der Waals surface area contributed by atoms with Crippen LogP contribution in [0.25, 0.3) is 5.57 Å². The quantitative estimate of drug-likeness (QED) is 0.731. The zero-order valence-electron chi connectivity index (χ0n) is 16.3. The van der Waals surface area contributed by atoms with Gasteiger partial charge in [-0.1, -0.05) is 30.3 Å². The van der Waals surface area contributed by atoms with Crippen LogP contribution in [0.4, 0.5) is 18.9 Å². The molecule has 156 valence electrons. The van der Waals surface area contributed by atoms with Crippen LogP contribution in [0.2, 0.25) is 0 Å². The molecular weight excluding hydrogens is 405 g/mol. The first-order valence-corrected chi connectivity index (χ1v) is 9.97. The second kappa shape index (κ2) is 8.38. The van der Waals surface area contributed by atoms with Crippen LogP contribution in [0.3, 0.4) is 0 Å². The lowest BCUT2D eigenvalue weighted by atomic mass is 10.0. The predicted octanol–water partition coefficient (Wildman–Crippen LogP) is 4.14. The molecule has 0 heterocycles. The number of sulfonamides is 1. The van der Waals surface area contributed by atoms with Crippen LogP contribution in [-0.4, -0.2) is 38.9 Å². The number of benzene rings is 2. The van der Waals surface area contributed by atoms with E-state index in [0.29, 0.717) is 17.2 Å². The number of aryl methyl sites for hydroxylation is 1. The average Bonchev–Trinajstić information content (AvgIpc) is 2.62. The van der Waals surface area contributed by atoms with E-state index in [9.17, 15) is 26.4 Å². The van der Waals surface area contributed by atoms with Crippen LogP contribution in [0.5, 0.6) is 0 Å². The lowest BCUT2D eigenvalue weighted by Gasteiger charge is -2.16. The second-order valence-electron chi connectivity index (χ2n) is 6.61. The maximum atomic E-state index is 13.4. The first-order valence-electron chi connectivity index (χ1n) is 8.53. The molecule has 0 fully saturated rings. The maximum absolute atomic E-state index is 13.4. The highest BCUT2D eigenvalue weighted by molar-refractivity contribution is 7.89. The van der Waals surface area contributed by atoms with E-state index in [1.54, 1.807) is 19.9 Å². The van der Waals surface area contributed by atoms with E-state index in [1.165, 1.54) is 50.5 Å². The lowest BCUT2D eigenvalue weighted by Crippen LogP contribution is -2.23. The van der Waals surface area contributed by atoms with Gasteiger partial charge in [-0.15, -0.1) is 0 Å². The molecule has 29 heavy (non-hydrogen) atoms. The number of anilines is 1. The van der Waals surface area contributed by atoms with Crippen LogP contribution in [0.1, 0.15) is 16.7 Å². The summed E-state index contributed by atoms with van der Waals surface area (Å²) < 4.78 is 66.0. The fourth-order valence-electron chi connectivity index (χ4n) is 2.56. The summed E-state index contributed by atoms with van der Waals surface area (Å²) in [7, 11) is -1.05. The number of alkyl halides is 3.